The van der Waals surface area contributed by atoms with E-state index >= 15 is 0 Å². The molecule has 14 heavy (non-hydrogen) atoms. The van der Waals surface area contributed by atoms with Crippen molar-refractivity contribution in [1.82, 2.24) is 0 Å². The van der Waals surface area contributed by atoms with Crippen molar-refractivity contribution in [3.05, 3.63) is 24.1 Å². The van der Waals surface area contributed by atoms with Crippen molar-refractivity contribution in [1.29, 1.82) is 0 Å². The second-order valence-electron chi connectivity index (χ2n) is 2.12. The quantitative estimate of drug-likeness (QED) is 0.428. The lowest BCUT2D eigenvalue weighted by Crippen LogP contribution is -1.99. The van der Waals surface area contributed by atoms with Crippen molar-refractivity contribution < 1.29 is 19.4 Å². The van der Waals surface area contributed by atoms with Gasteiger partial charge in [-0.3, -0.25) is 0 Å². The number of ether oxygens (including phenoxy) is 1. The van der Waals surface area contributed by atoms with Gasteiger partial charge in [0.15, 0.2) is 0 Å². The number of esters is 1. The fourth-order valence-corrected chi connectivity index (χ4v) is 0.262. The van der Waals surface area contributed by atoms with Gasteiger partial charge in [-0.05, 0) is 6.42 Å². The van der Waals surface area contributed by atoms with Gasteiger partial charge < -0.3 is 9.84 Å². The lowest BCUT2D eigenvalue weighted by atomic mass is 10.5. The second kappa shape index (κ2) is 9.85. The van der Waals surface area contributed by atoms with Crippen molar-refractivity contribution in [2.75, 3.05) is 6.61 Å². The van der Waals surface area contributed by atoms with E-state index in [1.807, 2.05) is 6.92 Å². The van der Waals surface area contributed by atoms with Crippen molar-refractivity contribution in [3.63, 3.8) is 0 Å². The molecule has 4 nitrogen and oxygen atoms in total. The first kappa shape index (κ1) is 15.3. The van der Waals surface area contributed by atoms with E-state index in [2.05, 4.69) is 30.5 Å². The van der Waals surface area contributed by atoms with E-state index in [4.69, 9.17) is 5.11 Å². The Bertz CT molecular complexity index is 211. The van der Waals surface area contributed by atoms with Crippen molar-refractivity contribution in [2.45, 2.75) is 13.3 Å². The number of carbonyl (C=O) groups is 2. The van der Waals surface area contributed by atoms with Gasteiger partial charge in [0.1, 0.15) is 0 Å². The smallest absolute Gasteiger partial charge is 0.341 e. The van der Waals surface area contributed by atoms with E-state index in [1.54, 1.807) is 0 Å². The molecular formula is C9H14O4S. The Balaban J connectivity index is 0. The standard InChI is InChI=1S/C6H10O2.C3H4O2S/c1-3-5-8-6(7)4-2;1-2(6)3(4)5/h4H,2-3,5H2,1H3;6H,1H2,(H,4,5). The Kier molecular flexibility index (Phi) is 10.7. The monoisotopic (exact) mass is 218 g/mol. The highest BCUT2D eigenvalue weighted by Gasteiger charge is 1.91. The number of hydrogen-bond donors (Lipinski definition) is 2. The first-order chi connectivity index (χ1) is 6.45. The summed E-state index contributed by atoms with van der Waals surface area (Å²) in [7, 11) is 0. The Hall–Kier alpha value is -1.23. The van der Waals surface area contributed by atoms with Gasteiger partial charge in [0.05, 0.1) is 11.5 Å². The zero-order valence-electron chi connectivity index (χ0n) is 8.02. The summed E-state index contributed by atoms with van der Waals surface area (Å²) in [6.45, 7) is 8.69. The molecule has 0 heterocycles. The summed E-state index contributed by atoms with van der Waals surface area (Å²) in [4.78, 5) is 19.6. The molecule has 0 bridgehead atoms. The molecule has 80 valence electrons. The maximum atomic E-state index is 10.2. The third-order valence-corrected chi connectivity index (χ3v) is 1.05. The van der Waals surface area contributed by atoms with Gasteiger partial charge in [0.25, 0.3) is 0 Å². The van der Waals surface area contributed by atoms with Gasteiger partial charge in [-0.25, -0.2) is 9.59 Å². The van der Waals surface area contributed by atoms with Crippen LogP contribution in [0.5, 0.6) is 0 Å². The van der Waals surface area contributed by atoms with Crippen LogP contribution in [0.1, 0.15) is 13.3 Å². The SMILES string of the molecule is C=C(S)C(=O)O.C=CC(=O)OCCC. The molecule has 0 aromatic rings. The molecule has 5 heteroatoms. The van der Waals surface area contributed by atoms with E-state index in [0.29, 0.717) is 6.61 Å². The van der Waals surface area contributed by atoms with Gasteiger partial charge in [-0.1, -0.05) is 20.1 Å². The van der Waals surface area contributed by atoms with E-state index in [1.165, 1.54) is 0 Å². The number of hydrogen-bond acceptors (Lipinski definition) is 4. The number of aliphatic carboxylic acids is 1. The molecule has 0 saturated carbocycles. The molecule has 0 aromatic heterocycles. The molecule has 0 rings (SSSR count). The average Bonchev–Trinajstić information content (AvgIpc) is 2.14. The summed E-state index contributed by atoms with van der Waals surface area (Å²) >= 11 is 3.40. The average molecular weight is 218 g/mol. The third kappa shape index (κ3) is 13.4. The van der Waals surface area contributed by atoms with Crippen LogP contribution in [0.3, 0.4) is 0 Å². The summed E-state index contributed by atoms with van der Waals surface area (Å²) in [5.74, 6) is -1.41. The fourth-order valence-electron chi connectivity index (χ4n) is 0.262. The van der Waals surface area contributed by atoms with E-state index in [-0.39, 0.29) is 10.9 Å². The Morgan fingerprint density at radius 3 is 2.21 bits per heavy atom. The van der Waals surface area contributed by atoms with Crippen LogP contribution >= 0.6 is 12.6 Å². The van der Waals surface area contributed by atoms with Gasteiger partial charge in [-0.15, -0.1) is 12.6 Å². The lowest BCUT2D eigenvalue weighted by Gasteiger charge is -1.94. The summed E-state index contributed by atoms with van der Waals surface area (Å²) in [6, 6.07) is 0. The van der Waals surface area contributed by atoms with Crippen molar-refractivity contribution >= 4 is 24.6 Å². The van der Waals surface area contributed by atoms with E-state index < -0.39 is 5.97 Å². The molecule has 0 aliphatic carbocycles. The molecule has 0 amide bonds. The Labute approximate surface area is 88.7 Å². The number of carboxylic acids is 1. The minimum Gasteiger partial charge on any atom is -0.477 e. The molecule has 0 saturated heterocycles. The number of rotatable bonds is 4. The van der Waals surface area contributed by atoms with Crippen LogP contribution < -0.4 is 0 Å². The maximum absolute atomic E-state index is 10.2. The van der Waals surface area contributed by atoms with Gasteiger partial charge in [-0.2, -0.15) is 0 Å². The predicted octanol–water partition coefficient (Wildman–Crippen LogP) is 1.64. The molecule has 0 spiro atoms. The molecule has 0 aliphatic rings. The van der Waals surface area contributed by atoms with Crippen LogP contribution in [0, 0.1) is 0 Å². The zero-order chi connectivity index (χ0) is 11.6. The first-order valence-electron chi connectivity index (χ1n) is 3.86. The molecule has 0 aliphatic heterocycles. The molecule has 0 atom stereocenters. The molecule has 1 N–H and O–H groups in total. The van der Waals surface area contributed by atoms with E-state index in [0.717, 1.165) is 12.5 Å². The minimum absolute atomic E-state index is 0.130. The minimum atomic E-state index is -1.07. The van der Waals surface area contributed by atoms with Gasteiger partial charge >= 0.3 is 11.9 Å². The van der Waals surface area contributed by atoms with Crippen LogP contribution in [-0.2, 0) is 14.3 Å². The number of thiol groups is 1. The van der Waals surface area contributed by atoms with Crippen LogP contribution in [-0.4, -0.2) is 23.7 Å². The van der Waals surface area contributed by atoms with Crippen molar-refractivity contribution in [3.8, 4) is 0 Å². The molecule has 0 radical (unpaired) electrons. The zero-order valence-corrected chi connectivity index (χ0v) is 8.92. The second-order valence-corrected chi connectivity index (χ2v) is 2.66. The molecule has 0 unspecified atom stereocenters. The van der Waals surface area contributed by atoms with Gasteiger partial charge in [0.2, 0.25) is 0 Å². The first-order valence-corrected chi connectivity index (χ1v) is 4.30. The summed E-state index contributed by atoms with van der Waals surface area (Å²) in [5.41, 5.74) is 0. The lowest BCUT2D eigenvalue weighted by molar-refractivity contribution is -0.137. The maximum Gasteiger partial charge on any atom is 0.341 e. The van der Waals surface area contributed by atoms with Crippen molar-refractivity contribution in [2.24, 2.45) is 0 Å². The summed E-state index contributed by atoms with van der Waals surface area (Å²) in [5, 5.41) is 7.81. The molecular weight excluding hydrogens is 204 g/mol. The molecule has 0 aromatic carbocycles. The molecule has 0 fully saturated rings. The van der Waals surface area contributed by atoms with Crippen LogP contribution in [0.4, 0.5) is 0 Å². The number of carboxylic acid groups (broad SMARTS) is 1. The highest BCUT2D eigenvalue weighted by atomic mass is 32.1. The highest BCUT2D eigenvalue weighted by Crippen LogP contribution is 1.91. The largest absolute Gasteiger partial charge is 0.477 e. The Morgan fingerprint density at radius 2 is 2.00 bits per heavy atom. The van der Waals surface area contributed by atoms with Crippen LogP contribution in [0.15, 0.2) is 24.1 Å². The summed E-state index contributed by atoms with van der Waals surface area (Å²) in [6.07, 6.45) is 2.02. The number of carbonyl (C=O) groups excluding carboxylic acids is 1. The highest BCUT2D eigenvalue weighted by molar-refractivity contribution is 7.85. The fraction of sp³-hybridized carbons (Fsp3) is 0.333. The normalized spacial score (nSPS) is 7.86. The Morgan fingerprint density at radius 1 is 1.57 bits per heavy atom. The summed E-state index contributed by atoms with van der Waals surface area (Å²) < 4.78 is 4.58. The topological polar surface area (TPSA) is 63.6 Å². The van der Waals surface area contributed by atoms with Crippen LogP contribution in [0.2, 0.25) is 0 Å². The third-order valence-electron chi connectivity index (χ3n) is 0.862. The van der Waals surface area contributed by atoms with Gasteiger partial charge in [0, 0.05) is 6.08 Å². The van der Waals surface area contributed by atoms with E-state index in [9.17, 15) is 9.59 Å². The predicted molar refractivity (Wildman–Crippen MR) is 57.2 cm³/mol. The van der Waals surface area contributed by atoms with Crippen LogP contribution in [0.25, 0.3) is 0 Å².